The molecule has 0 bridgehead atoms. The summed E-state index contributed by atoms with van der Waals surface area (Å²) in [4.78, 5) is 42.4. The molecule has 1 aromatic carbocycles. The van der Waals surface area contributed by atoms with Gasteiger partial charge < -0.3 is 4.90 Å². The SMILES string of the molecule is CC(c1ccc(-n2cncn2)cc1)N(C)C(=O)CCN1C(=O)CCC1=O. The van der Waals surface area contributed by atoms with Gasteiger partial charge in [0.1, 0.15) is 12.7 Å². The van der Waals surface area contributed by atoms with Crippen molar-refractivity contribution in [1.82, 2.24) is 24.6 Å². The summed E-state index contributed by atoms with van der Waals surface area (Å²) in [5.41, 5.74) is 1.87. The molecule has 1 saturated heterocycles. The van der Waals surface area contributed by atoms with Crippen molar-refractivity contribution in [3.63, 3.8) is 0 Å². The van der Waals surface area contributed by atoms with E-state index in [9.17, 15) is 14.4 Å². The number of rotatable bonds is 6. The molecule has 8 nitrogen and oxygen atoms in total. The number of aromatic nitrogens is 3. The maximum atomic E-state index is 12.4. The van der Waals surface area contributed by atoms with Gasteiger partial charge in [-0.2, -0.15) is 5.10 Å². The highest BCUT2D eigenvalue weighted by atomic mass is 16.2. The standard InChI is InChI=1S/C18H21N5O3/c1-13(14-3-5-15(6-4-14)23-12-19-11-20-23)21(2)16(24)9-10-22-17(25)7-8-18(22)26/h3-6,11-13H,7-10H2,1-2H3. The van der Waals surface area contributed by atoms with Gasteiger partial charge in [0.05, 0.1) is 11.7 Å². The van der Waals surface area contributed by atoms with Crippen LogP contribution in [0.15, 0.2) is 36.9 Å². The fourth-order valence-electron chi connectivity index (χ4n) is 2.94. The van der Waals surface area contributed by atoms with Crippen molar-refractivity contribution in [2.24, 2.45) is 0 Å². The first-order valence-corrected chi connectivity index (χ1v) is 8.51. The lowest BCUT2D eigenvalue weighted by Gasteiger charge is -2.26. The molecule has 26 heavy (non-hydrogen) atoms. The molecule has 2 aromatic rings. The molecule has 1 unspecified atom stereocenters. The maximum absolute atomic E-state index is 12.4. The molecule has 0 spiro atoms. The number of amides is 3. The highest BCUT2D eigenvalue weighted by molar-refractivity contribution is 6.02. The van der Waals surface area contributed by atoms with Gasteiger partial charge in [0.25, 0.3) is 0 Å². The van der Waals surface area contributed by atoms with Crippen LogP contribution in [0.4, 0.5) is 0 Å². The molecule has 1 aliphatic heterocycles. The van der Waals surface area contributed by atoms with Gasteiger partial charge in [-0.3, -0.25) is 19.3 Å². The predicted molar refractivity (Wildman–Crippen MR) is 93.1 cm³/mol. The van der Waals surface area contributed by atoms with Crippen LogP contribution in [-0.2, 0) is 14.4 Å². The van der Waals surface area contributed by atoms with Gasteiger partial charge in [-0.05, 0) is 24.6 Å². The minimum atomic E-state index is -0.192. The largest absolute Gasteiger partial charge is 0.339 e. The monoisotopic (exact) mass is 355 g/mol. The fourth-order valence-corrected chi connectivity index (χ4v) is 2.94. The van der Waals surface area contributed by atoms with E-state index in [1.165, 1.54) is 11.2 Å². The summed E-state index contributed by atoms with van der Waals surface area (Å²) in [5.74, 6) is -0.491. The van der Waals surface area contributed by atoms with E-state index in [2.05, 4.69) is 10.1 Å². The Morgan fingerprint density at radius 1 is 1.19 bits per heavy atom. The van der Waals surface area contributed by atoms with Gasteiger partial charge in [-0.15, -0.1) is 0 Å². The van der Waals surface area contributed by atoms with E-state index in [0.29, 0.717) is 0 Å². The third-order valence-electron chi connectivity index (χ3n) is 4.74. The number of benzene rings is 1. The second-order valence-electron chi connectivity index (χ2n) is 6.30. The van der Waals surface area contributed by atoms with Gasteiger partial charge in [0.2, 0.25) is 17.7 Å². The number of carbonyl (C=O) groups is 3. The van der Waals surface area contributed by atoms with Crippen molar-refractivity contribution < 1.29 is 14.4 Å². The Hall–Kier alpha value is -3.03. The summed E-state index contributed by atoms with van der Waals surface area (Å²) in [7, 11) is 1.73. The Morgan fingerprint density at radius 2 is 1.85 bits per heavy atom. The first-order chi connectivity index (χ1) is 12.5. The van der Waals surface area contributed by atoms with E-state index < -0.39 is 0 Å². The minimum Gasteiger partial charge on any atom is -0.339 e. The highest BCUT2D eigenvalue weighted by Gasteiger charge is 2.29. The zero-order chi connectivity index (χ0) is 18.7. The smallest absolute Gasteiger partial charge is 0.229 e. The molecule has 1 aromatic heterocycles. The minimum absolute atomic E-state index is 0.106. The average Bonchev–Trinajstić information content (AvgIpc) is 3.29. The third-order valence-corrected chi connectivity index (χ3v) is 4.74. The molecule has 3 rings (SSSR count). The summed E-state index contributed by atoms with van der Waals surface area (Å²) in [6.45, 7) is 2.09. The van der Waals surface area contributed by atoms with Gasteiger partial charge >= 0.3 is 0 Å². The van der Waals surface area contributed by atoms with Gasteiger partial charge in [0, 0.05) is 32.9 Å². The molecule has 2 heterocycles. The van der Waals surface area contributed by atoms with Crippen LogP contribution in [0.5, 0.6) is 0 Å². The Labute approximate surface area is 151 Å². The second kappa shape index (κ2) is 7.47. The quantitative estimate of drug-likeness (QED) is 0.729. The topological polar surface area (TPSA) is 88.4 Å². The van der Waals surface area contributed by atoms with E-state index in [4.69, 9.17) is 0 Å². The van der Waals surface area contributed by atoms with E-state index in [1.54, 1.807) is 23.0 Å². The molecule has 1 atom stereocenters. The normalized spacial score (nSPS) is 15.4. The predicted octanol–water partition coefficient (Wildman–Crippen LogP) is 1.33. The van der Waals surface area contributed by atoms with Crippen molar-refractivity contribution in [3.05, 3.63) is 42.5 Å². The lowest BCUT2D eigenvalue weighted by atomic mass is 10.1. The molecule has 1 aliphatic rings. The Kier molecular flexibility index (Phi) is 5.11. The second-order valence-corrected chi connectivity index (χ2v) is 6.30. The van der Waals surface area contributed by atoms with Crippen LogP contribution in [0, 0.1) is 0 Å². The molecule has 0 saturated carbocycles. The maximum Gasteiger partial charge on any atom is 0.229 e. The Bertz CT molecular complexity index is 785. The van der Waals surface area contributed by atoms with Crippen LogP contribution in [0.3, 0.4) is 0 Å². The number of likely N-dealkylation sites (tertiary alicyclic amines) is 1. The van der Waals surface area contributed by atoms with Crippen LogP contribution in [0.25, 0.3) is 5.69 Å². The van der Waals surface area contributed by atoms with Crippen molar-refractivity contribution in [2.75, 3.05) is 13.6 Å². The molecule has 1 fully saturated rings. The van der Waals surface area contributed by atoms with Crippen LogP contribution in [0.2, 0.25) is 0 Å². The van der Waals surface area contributed by atoms with Gasteiger partial charge in [0.15, 0.2) is 0 Å². The Morgan fingerprint density at radius 3 is 2.42 bits per heavy atom. The number of imide groups is 1. The Balaban J connectivity index is 1.59. The van der Waals surface area contributed by atoms with Gasteiger partial charge in [-0.1, -0.05) is 12.1 Å². The number of hydrogen-bond donors (Lipinski definition) is 0. The molecule has 136 valence electrons. The van der Waals surface area contributed by atoms with Crippen LogP contribution in [0.1, 0.15) is 37.8 Å². The van der Waals surface area contributed by atoms with Crippen LogP contribution >= 0.6 is 0 Å². The van der Waals surface area contributed by atoms with Crippen molar-refractivity contribution in [3.8, 4) is 5.69 Å². The third kappa shape index (κ3) is 3.63. The van der Waals surface area contributed by atoms with Crippen molar-refractivity contribution in [1.29, 1.82) is 0 Å². The molecule has 0 N–H and O–H groups in total. The summed E-state index contributed by atoms with van der Waals surface area (Å²) in [6, 6.07) is 7.59. The molecule has 8 heteroatoms. The first kappa shape index (κ1) is 17.8. The van der Waals surface area contributed by atoms with Gasteiger partial charge in [-0.25, -0.2) is 9.67 Å². The summed E-state index contributed by atoms with van der Waals surface area (Å²) < 4.78 is 1.66. The summed E-state index contributed by atoms with van der Waals surface area (Å²) in [5, 5.41) is 4.08. The molecular formula is C18H21N5O3. The summed E-state index contributed by atoms with van der Waals surface area (Å²) >= 11 is 0. The zero-order valence-electron chi connectivity index (χ0n) is 14.8. The molecule has 0 radical (unpaired) electrons. The molecule has 0 aliphatic carbocycles. The van der Waals surface area contributed by atoms with E-state index in [1.807, 2.05) is 31.2 Å². The highest BCUT2D eigenvalue weighted by Crippen LogP contribution is 2.21. The van der Waals surface area contributed by atoms with E-state index in [0.717, 1.165) is 11.3 Å². The first-order valence-electron chi connectivity index (χ1n) is 8.51. The lowest BCUT2D eigenvalue weighted by Crippen LogP contribution is -2.35. The number of carbonyl (C=O) groups excluding carboxylic acids is 3. The molecular weight excluding hydrogens is 334 g/mol. The van der Waals surface area contributed by atoms with Crippen LogP contribution < -0.4 is 0 Å². The average molecular weight is 355 g/mol. The number of nitrogens with zero attached hydrogens (tertiary/aromatic N) is 5. The summed E-state index contributed by atoms with van der Waals surface area (Å²) in [6.07, 6.45) is 3.72. The fraction of sp³-hybridized carbons (Fsp3) is 0.389. The number of hydrogen-bond acceptors (Lipinski definition) is 5. The van der Waals surface area contributed by atoms with Crippen LogP contribution in [-0.4, -0.2) is 55.9 Å². The lowest BCUT2D eigenvalue weighted by molar-refractivity contribution is -0.139. The van der Waals surface area contributed by atoms with Crippen molar-refractivity contribution >= 4 is 17.7 Å². The zero-order valence-corrected chi connectivity index (χ0v) is 14.8. The van der Waals surface area contributed by atoms with E-state index in [-0.39, 0.29) is 49.6 Å². The van der Waals surface area contributed by atoms with E-state index >= 15 is 0 Å². The van der Waals surface area contributed by atoms with Crippen molar-refractivity contribution in [2.45, 2.75) is 32.2 Å². The molecule has 3 amide bonds.